The van der Waals surface area contributed by atoms with Gasteiger partial charge in [0.25, 0.3) is 0 Å². The summed E-state index contributed by atoms with van der Waals surface area (Å²) < 4.78 is 4.81. The van der Waals surface area contributed by atoms with Crippen LogP contribution in [0.1, 0.15) is 12.8 Å². The number of carbonyl (C=O) groups excluding carboxylic acids is 2. The summed E-state index contributed by atoms with van der Waals surface area (Å²) in [5.74, 6) is -2.15. The Morgan fingerprint density at radius 3 is 2.32 bits per heavy atom. The number of nitrogens with one attached hydrogen (secondary N) is 1. The molecule has 1 aliphatic heterocycles. The number of carbonyl (C=O) groups is 2. The van der Waals surface area contributed by atoms with Crippen LogP contribution in [0.3, 0.4) is 0 Å². The zero-order valence-corrected chi connectivity index (χ0v) is 9.93. The second kappa shape index (κ2) is 6.78. The number of aliphatic hydroxyl groups excluding tert-OH is 4. The fourth-order valence-corrected chi connectivity index (χ4v) is 1.73. The molecule has 0 spiro atoms. The average molecular weight is 278 g/mol. The van der Waals surface area contributed by atoms with Crippen molar-refractivity contribution in [2.45, 2.75) is 43.5 Å². The third kappa shape index (κ3) is 4.11. The van der Waals surface area contributed by atoms with E-state index in [9.17, 15) is 30.0 Å². The van der Waals surface area contributed by atoms with Gasteiger partial charge in [-0.1, -0.05) is 0 Å². The van der Waals surface area contributed by atoms with E-state index in [-0.39, 0.29) is 0 Å². The van der Waals surface area contributed by atoms with Crippen molar-refractivity contribution in [3.63, 3.8) is 0 Å². The molecule has 9 nitrogen and oxygen atoms in total. The van der Waals surface area contributed by atoms with Gasteiger partial charge in [-0.15, -0.1) is 0 Å². The maximum Gasteiger partial charge on any atom is 0.220 e. The highest BCUT2D eigenvalue weighted by Crippen LogP contribution is 2.19. The van der Waals surface area contributed by atoms with Crippen LogP contribution in [-0.4, -0.2) is 69.6 Å². The maximum atomic E-state index is 11.4. The maximum absolute atomic E-state index is 11.4. The van der Waals surface area contributed by atoms with Gasteiger partial charge in [0.15, 0.2) is 6.29 Å². The molecule has 1 aliphatic rings. The van der Waals surface area contributed by atoms with Gasteiger partial charge in [0.1, 0.15) is 24.4 Å². The topological polar surface area (TPSA) is 159 Å². The summed E-state index contributed by atoms with van der Waals surface area (Å²) in [5.41, 5.74) is 0. The van der Waals surface area contributed by atoms with E-state index in [0.29, 0.717) is 0 Å². The van der Waals surface area contributed by atoms with Crippen molar-refractivity contribution in [2.75, 3.05) is 6.61 Å². The Balaban J connectivity index is 2.57. The Morgan fingerprint density at radius 2 is 1.79 bits per heavy atom. The minimum absolute atomic E-state index is 0.391. The predicted molar refractivity (Wildman–Crippen MR) is 56.2 cm³/mol. The molecular weight excluding hydrogens is 262 g/mol. The standard InChI is InChI=1S/C10H17NO8/c12-3-4-8(16)9(17)7(10(18)19-4)11-5(13)1-2-6(14)15/h4,7-10,12,16-18H,1-3H2,(H,11,13)(H,14,15)/p-1/t4-,7-,8-,9-,10-/m1/s1. The summed E-state index contributed by atoms with van der Waals surface area (Å²) >= 11 is 0. The van der Waals surface area contributed by atoms with Crippen molar-refractivity contribution in [2.24, 2.45) is 0 Å². The minimum atomic E-state index is -1.62. The Labute approximate surface area is 108 Å². The summed E-state index contributed by atoms with van der Waals surface area (Å²) in [6.07, 6.45) is -6.72. The second-order valence-corrected chi connectivity index (χ2v) is 4.19. The summed E-state index contributed by atoms with van der Waals surface area (Å²) in [6.45, 7) is -0.610. The third-order valence-corrected chi connectivity index (χ3v) is 2.78. The molecule has 1 heterocycles. The van der Waals surface area contributed by atoms with Crippen molar-refractivity contribution in [1.29, 1.82) is 0 Å². The van der Waals surface area contributed by atoms with Crippen LogP contribution in [0.2, 0.25) is 0 Å². The Kier molecular flexibility index (Phi) is 5.63. The summed E-state index contributed by atoms with van der Waals surface area (Å²) in [5, 5.41) is 50.0. The van der Waals surface area contributed by atoms with Crippen molar-refractivity contribution < 1.29 is 39.9 Å². The normalized spacial score (nSPS) is 34.8. The molecule has 0 bridgehead atoms. The number of aliphatic hydroxyl groups is 4. The highest BCUT2D eigenvalue weighted by atomic mass is 16.6. The molecule has 0 aromatic carbocycles. The van der Waals surface area contributed by atoms with Gasteiger partial charge in [-0.05, 0) is 6.42 Å². The van der Waals surface area contributed by atoms with Crippen molar-refractivity contribution >= 4 is 11.9 Å². The lowest BCUT2D eigenvalue weighted by Crippen LogP contribution is -2.64. The molecule has 5 N–H and O–H groups in total. The molecule has 0 aromatic rings. The van der Waals surface area contributed by atoms with E-state index >= 15 is 0 Å². The highest BCUT2D eigenvalue weighted by Gasteiger charge is 2.44. The molecule has 5 atom stereocenters. The number of hydrogen-bond donors (Lipinski definition) is 5. The molecule has 0 aliphatic carbocycles. The van der Waals surface area contributed by atoms with Crippen LogP contribution in [0.4, 0.5) is 0 Å². The molecular formula is C10H16NO8-. The van der Waals surface area contributed by atoms with E-state index in [4.69, 9.17) is 9.84 Å². The van der Waals surface area contributed by atoms with Crippen LogP contribution in [0.25, 0.3) is 0 Å². The van der Waals surface area contributed by atoms with E-state index in [1.54, 1.807) is 0 Å². The van der Waals surface area contributed by atoms with Gasteiger partial charge in [-0.2, -0.15) is 0 Å². The second-order valence-electron chi connectivity index (χ2n) is 4.19. The smallest absolute Gasteiger partial charge is 0.220 e. The molecule has 19 heavy (non-hydrogen) atoms. The number of aliphatic carboxylic acids is 1. The van der Waals surface area contributed by atoms with Gasteiger partial charge in [-0.25, -0.2) is 0 Å². The van der Waals surface area contributed by atoms with Crippen molar-refractivity contribution in [1.82, 2.24) is 5.32 Å². The molecule has 0 aromatic heterocycles. The number of amides is 1. The zero-order chi connectivity index (χ0) is 14.6. The molecule has 1 rings (SSSR count). The summed E-state index contributed by atoms with van der Waals surface area (Å²) in [6, 6.07) is -1.31. The summed E-state index contributed by atoms with van der Waals surface area (Å²) in [4.78, 5) is 21.5. The Bertz CT molecular complexity index is 335. The highest BCUT2D eigenvalue weighted by molar-refractivity contribution is 5.80. The number of rotatable bonds is 5. The quantitative estimate of drug-likeness (QED) is 0.336. The molecule has 0 unspecified atom stereocenters. The minimum Gasteiger partial charge on any atom is -0.550 e. The van der Waals surface area contributed by atoms with E-state index in [1.807, 2.05) is 0 Å². The van der Waals surface area contributed by atoms with Crippen LogP contribution in [0, 0.1) is 0 Å². The van der Waals surface area contributed by atoms with Gasteiger partial charge >= 0.3 is 0 Å². The predicted octanol–water partition coefficient (Wildman–Crippen LogP) is -4.57. The molecule has 0 radical (unpaired) electrons. The number of carboxylic acids is 1. The van der Waals surface area contributed by atoms with Gasteiger partial charge < -0.3 is 40.4 Å². The van der Waals surface area contributed by atoms with Gasteiger partial charge in [-0.3, -0.25) is 4.79 Å². The van der Waals surface area contributed by atoms with E-state index in [0.717, 1.165) is 0 Å². The number of ether oxygens (including phenoxy) is 1. The lowest BCUT2D eigenvalue weighted by molar-refractivity contribution is -0.305. The third-order valence-electron chi connectivity index (χ3n) is 2.78. The van der Waals surface area contributed by atoms with Crippen LogP contribution in [0.15, 0.2) is 0 Å². The van der Waals surface area contributed by atoms with Crippen LogP contribution in [0.5, 0.6) is 0 Å². The Hall–Kier alpha value is -1.26. The lowest BCUT2D eigenvalue weighted by Gasteiger charge is -2.40. The largest absolute Gasteiger partial charge is 0.550 e. The lowest BCUT2D eigenvalue weighted by atomic mass is 9.97. The van der Waals surface area contributed by atoms with Gasteiger partial charge in [0.05, 0.1) is 6.61 Å². The first-order valence-corrected chi connectivity index (χ1v) is 5.66. The molecule has 1 amide bonds. The van der Waals surface area contributed by atoms with Crippen LogP contribution in [-0.2, 0) is 14.3 Å². The fraction of sp³-hybridized carbons (Fsp3) is 0.800. The number of carboxylic acid groups (broad SMARTS) is 1. The first kappa shape index (κ1) is 15.8. The van der Waals surface area contributed by atoms with E-state index < -0.39 is 62.0 Å². The average Bonchev–Trinajstić information content (AvgIpc) is 2.36. The SMILES string of the molecule is O=C([O-])CCC(=O)N[C@@H]1[C@@H](O)[C@H](O)[C@@H](CO)O[C@H]1O. The van der Waals surface area contributed by atoms with Gasteiger partial charge in [0, 0.05) is 12.4 Å². The fourth-order valence-electron chi connectivity index (χ4n) is 1.73. The molecule has 110 valence electrons. The molecule has 1 saturated heterocycles. The summed E-state index contributed by atoms with van der Waals surface area (Å²) in [7, 11) is 0. The monoisotopic (exact) mass is 278 g/mol. The Morgan fingerprint density at radius 1 is 1.16 bits per heavy atom. The first-order valence-electron chi connectivity index (χ1n) is 5.66. The van der Waals surface area contributed by atoms with Crippen molar-refractivity contribution in [3.05, 3.63) is 0 Å². The van der Waals surface area contributed by atoms with E-state index in [2.05, 4.69) is 5.32 Å². The van der Waals surface area contributed by atoms with E-state index in [1.165, 1.54) is 0 Å². The zero-order valence-electron chi connectivity index (χ0n) is 9.93. The molecule has 9 heteroatoms. The first-order chi connectivity index (χ1) is 8.86. The van der Waals surface area contributed by atoms with Gasteiger partial charge in [0.2, 0.25) is 5.91 Å². The van der Waals surface area contributed by atoms with Crippen LogP contribution >= 0.6 is 0 Å². The molecule has 0 saturated carbocycles. The van der Waals surface area contributed by atoms with Crippen molar-refractivity contribution in [3.8, 4) is 0 Å². The number of hydrogen-bond acceptors (Lipinski definition) is 8. The molecule has 1 fully saturated rings. The van der Waals surface area contributed by atoms with Crippen LogP contribution < -0.4 is 10.4 Å².